The summed E-state index contributed by atoms with van der Waals surface area (Å²) in [6.07, 6.45) is 2.36. The third-order valence-corrected chi connectivity index (χ3v) is 3.53. The zero-order valence-electron chi connectivity index (χ0n) is 12.1. The summed E-state index contributed by atoms with van der Waals surface area (Å²) < 4.78 is 11.5. The Labute approximate surface area is 115 Å². The molecule has 4 heteroatoms. The van der Waals surface area contributed by atoms with Crippen molar-refractivity contribution in [1.29, 1.82) is 0 Å². The van der Waals surface area contributed by atoms with Gasteiger partial charge in [-0.25, -0.2) is 0 Å². The van der Waals surface area contributed by atoms with Crippen molar-refractivity contribution in [2.45, 2.75) is 18.9 Å². The van der Waals surface area contributed by atoms with Crippen LogP contribution in [0, 0.1) is 0 Å². The molecule has 0 aromatic heterocycles. The molecule has 4 nitrogen and oxygen atoms in total. The van der Waals surface area contributed by atoms with Gasteiger partial charge in [-0.15, -0.1) is 0 Å². The SMILES string of the molecule is CNCCc1ccc(OC)c(OC2CCN(C)C2)c1. The molecule has 0 aliphatic carbocycles. The molecule has 1 heterocycles. The summed E-state index contributed by atoms with van der Waals surface area (Å²) in [7, 11) is 5.79. The summed E-state index contributed by atoms with van der Waals surface area (Å²) >= 11 is 0. The van der Waals surface area contributed by atoms with Gasteiger partial charge in [-0.05, 0) is 51.2 Å². The number of rotatable bonds is 6. The van der Waals surface area contributed by atoms with Crippen molar-refractivity contribution in [3.05, 3.63) is 23.8 Å². The molecule has 0 amide bonds. The third-order valence-electron chi connectivity index (χ3n) is 3.53. The second-order valence-electron chi connectivity index (χ2n) is 5.13. The van der Waals surface area contributed by atoms with Crippen LogP contribution in [0.4, 0.5) is 0 Å². The van der Waals surface area contributed by atoms with Crippen molar-refractivity contribution >= 4 is 0 Å². The Hall–Kier alpha value is -1.26. The van der Waals surface area contributed by atoms with Gasteiger partial charge >= 0.3 is 0 Å². The predicted molar refractivity (Wildman–Crippen MR) is 77.2 cm³/mol. The highest BCUT2D eigenvalue weighted by molar-refractivity contribution is 5.43. The summed E-state index contributed by atoms with van der Waals surface area (Å²) in [6, 6.07) is 6.21. The van der Waals surface area contributed by atoms with Crippen molar-refractivity contribution in [2.24, 2.45) is 0 Å². The Bertz CT molecular complexity index is 409. The first-order chi connectivity index (χ1) is 9.22. The lowest BCUT2D eigenvalue weighted by molar-refractivity contribution is 0.199. The summed E-state index contributed by atoms with van der Waals surface area (Å²) in [6.45, 7) is 3.06. The van der Waals surface area contributed by atoms with Gasteiger partial charge in [-0.3, -0.25) is 0 Å². The highest BCUT2D eigenvalue weighted by atomic mass is 16.5. The van der Waals surface area contributed by atoms with Crippen LogP contribution in [0.1, 0.15) is 12.0 Å². The smallest absolute Gasteiger partial charge is 0.161 e. The van der Waals surface area contributed by atoms with E-state index in [0.717, 1.165) is 44.0 Å². The lowest BCUT2D eigenvalue weighted by Crippen LogP contribution is -2.21. The van der Waals surface area contributed by atoms with Crippen LogP contribution in [0.15, 0.2) is 18.2 Å². The molecule has 0 spiro atoms. The quantitative estimate of drug-likeness (QED) is 0.845. The van der Waals surface area contributed by atoms with Gasteiger partial charge in [-0.2, -0.15) is 0 Å². The average molecular weight is 264 g/mol. The molecule has 1 atom stereocenters. The largest absolute Gasteiger partial charge is 0.493 e. The fraction of sp³-hybridized carbons (Fsp3) is 0.600. The van der Waals surface area contributed by atoms with E-state index in [1.165, 1.54) is 5.56 Å². The number of nitrogens with zero attached hydrogens (tertiary/aromatic N) is 1. The molecule has 1 aliphatic rings. The van der Waals surface area contributed by atoms with Gasteiger partial charge in [0, 0.05) is 13.1 Å². The van der Waals surface area contributed by atoms with Gasteiger partial charge in [-0.1, -0.05) is 6.07 Å². The van der Waals surface area contributed by atoms with E-state index in [1.807, 2.05) is 13.1 Å². The van der Waals surface area contributed by atoms with Gasteiger partial charge < -0.3 is 19.7 Å². The lowest BCUT2D eigenvalue weighted by Gasteiger charge is -2.17. The van der Waals surface area contributed by atoms with Crippen molar-refractivity contribution in [2.75, 3.05) is 40.8 Å². The van der Waals surface area contributed by atoms with Crippen LogP contribution in [0.25, 0.3) is 0 Å². The molecular formula is C15H24N2O2. The van der Waals surface area contributed by atoms with Crippen molar-refractivity contribution < 1.29 is 9.47 Å². The van der Waals surface area contributed by atoms with Gasteiger partial charge in [0.2, 0.25) is 0 Å². The monoisotopic (exact) mass is 264 g/mol. The van der Waals surface area contributed by atoms with Crippen LogP contribution in [0.2, 0.25) is 0 Å². The first-order valence-corrected chi connectivity index (χ1v) is 6.89. The molecular weight excluding hydrogens is 240 g/mol. The first kappa shape index (κ1) is 14.2. The van der Waals surface area contributed by atoms with Crippen LogP contribution in [-0.2, 0) is 6.42 Å². The standard InChI is InChI=1S/C15H24N2O2/c1-16-8-6-12-4-5-14(18-3)15(10-12)19-13-7-9-17(2)11-13/h4-5,10,13,16H,6-9,11H2,1-3H3. The minimum Gasteiger partial charge on any atom is -0.493 e. The van der Waals surface area contributed by atoms with Gasteiger partial charge in [0.15, 0.2) is 11.5 Å². The maximum atomic E-state index is 6.10. The van der Waals surface area contributed by atoms with Crippen LogP contribution in [-0.4, -0.2) is 51.8 Å². The summed E-state index contributed by atoms with van der Waals surface area (Å²) in [4.78, 5) is 2.29. The lowest BCUT2D eigenvalue weighted by atomic mass is 10.1. The third kappa shape index (κ3) is 3.85. The van der Waals surface area contributed by atoms with Crippen molar-refractivity contribution in [3.63, 3.8) is 0 Å². The average Bonchev–Trinajstić information content (AvgIpc) is 2.82. The molecule has 1 fully saturated rings. The Balaban J connectivity index is 2.07. The van der Waals surface area contributed by atoms with E-state index >= 15 is 0 Å². The summed E-state index contributed by atoms with van der Waals surface area (Å²) in [5, 5.41) is 3.16. The minimum atomic E-state index is 0.276. The predicted octanol–water partition coefficient (Wildman–Crippen LogP) is 1.54. The van der Waals surface area contributed by atoms with E-state index in [4.69, 9.17) is 9.47 Å². The van der Waals surface area contributed by atoms with Gasteiger partial charge in [0.25, 0.3) is 0 Å². The number of ether oxygens (including phenoxy) is 2. The minimum absolute atomic E-state index is 0.276. The second-order valence-corrected chi connectivity index (χ2v) is 5.13. The fourth-order valence-electron chi connectivity index (χ4n) is 2.41. The number of hydrogen-bond acceptors (Lipinski definition) is 4. The molecule has 0 saturated carbocycles. The van der Waals surface area contributed by atoms with Crippen LogP contribution >= 0.6 is 0 Å². The molecule has 1 aromatic carbocycles. The first-order valence-electron chi connectivity index (χ1n) is 6.89. The molecule has 0 radical (unpaired) electrons. The molecule has 1 aliphatic heterocycles. The highest BCUT2D eigenvalue weighted by Gasteiger charge is 2.22. The van der Waals surface area contributed by atoms with Crippen LogP contribution in [0.5, 0.6) is 11.5 Å². The van der Waals surface area contributed by atoms with E-state index in [0.29, 0.717) is 0 Å². The zero-order chi connectivity index (χ0) is 13.7. The fourth-order valence-corrected chi connectivity index (χ4v) is 2.41. The summed E-state index contributed by atoms with van der Waals surface area (Å²) in [5.41, 5.74) is 1.27. The molecule has 106 valence electrons. The molecule has 1 saturated heterocycles. The second kappa shape index (κ2) is 6.78. The van der Waals surface area contributed by atoms with E-state index < -0.39 is 0 Å². The number of methoxy groups -OCH3 is 1. The topological polar surface area (TPSA) is 33.7 Å². The molecule has 19 heavy (non-hydrogen) atoms. The normalized spacial score (nSPS) is 19.6. The number of benzene rings is 1. The molecule has 0 bridgehead atoms. The molecule has 1 N–H and O–H groups in total. The number of likely N-dealkylation sites (tertiary alicyclic amines) is 1. The number of hydrogen-bond donors (Lipinski definition) is 1. The summed E-state index contributed by atoms with van der Waals surface area (Å²) in [5.74, 6) is 1.69. The molecule has 1 aromatic rings. The maximum Gasteiger partial charge on any atom is 0.161 e. The number of likely N-dealkylation sites (N-methyl/N-ethyl adjacent to an activating group) is 2. The Morgan fingerprint density at radius 3 is 2.84 bits per heavy atom. The van der Waals surface area contributed by atoms with Crippen molar-refractivity contribution in [1.82, 2.24) is 10.2 Å². The Morgan fingerprint density at radius 1 is 1.37 bits per heavy atom. The van der Waals surface area contributed by atoms with Crippen molar-refractivity contribution in [3.8, 4) is 11.5 Å². The van der Waals surface area contributed by atoms with Crippen LogP contribution in [0.3, 0.4) is 0 Å². The van der Waals surface area contributed by atoms with E-state index in [9.17, 15) is 0 Å². The van der Waals surface area contributed by atoms with E-state index in [-0.39, 0.29) is 6.10 Å². The van der Waals surface area contributed by atoms with Crippen LogP contribution < -0.4 is 14.8 Å². The van der Waals surface area contributed by atoms with E-state index in [2.05, 4.69) is 29.4 Å². The molecule has 1 unspecified atom stereocenters. The Morgan fingerprint density at radius 2 is 2.21 bits per heavy atom. The van der Waals surface area contributed by atoms with E-state index in [1.54, 1.807) is 7.11 Å². The highest BCUT2D eigenvalue weighted by Crippen LogP contribution is 2.30. The molecule has 2 rings (SSSR count). The number of nitrogens with one attached hydrogen (secondary N) is 1. The maximum absolute atomic E-state index is 6.10. The van der Waals surface area contributed by atoms with Gasteiger partial charge in [0.1, 0.15) is 6.10 Å². The Kier molecular flexibility index (Phi) is 5.05. The van der Waals surface area contributed by atoms with Gasteiger partial charge in [0.05, 0.1) is 7.11 Å². The zero-order valence-corrected chi connectivity index (χ0v) is 12.1.